The number of hydrogen-bond acceptors (Lipinski definition) is 6. The molecule has 0 aliphatic heterocycles. The number of benzene rings is 1. The molecule has 0 aliphatic rings. The van der Waals surface area contributed by atoms with E-state index in [2.05, 4.69) is 36.4 Å². The Balaban J connectivity index is 1.62. The average Bonchev–Trinajstić information content (AvgIpc) is 3.07. The minimum Gasteiger partial charge on any atom is -0.345 e. The van der Waals surface area contributed by atoms with Crippen LogP contribution in [0.4, 0.5) is 0 Å². The number of amides is 1. The third-order valence-corrected chi connectivity index (χ3v) is 4.11. The van der Waals surface area contributed by atoms with Gasteiger partial charge in [0, 0.05) is 16.8 Å². The number of nitrogens with one attached hydrogen (secondary N) is 2. The van der Waals surface area contributed by atoms with E-state index < -0.39 is 17.2 Å². The number of carbonyl (C=O) groups excluding carboxylic acids is 1. The van der Waals surface area contributed by atoms with E-state index in [9.17, 15) is 14.4 Å². The maximum Gasteiger partial charge on any atom is 0.328 e. The first-order valence-corrected chi connectivity index (χ1v) is 8.44. The van der Waals surface area contributed by atoms with Crippen molar-refractivity contribution in [1.82, 2.24) is 25.0 Å². The number of hydrogen-bond donors (Lipinski definition) is 2. The van der Waals surface area contributed by atoms with E-state index in [0.717, 1.165) is 10.1 Å². The molecule has 2 heterocycles. The predicted octanol–water partition coefficient (Wildman–Crippen LogP) is 1.32. The first kappa shape index (κ1) is 18.1. The summed E-state index contributed by atoms with van der Waals surface area (Å²) >= 11 is 8.82. The van der Waals surface area contributed by atoms with Gasteiger partial charge >= 0.3 is 5.69 Å². The van der Waals surface area contributed by atoms with Gasteiger partial charge < -0.3 is 9.84 Å². The molecule has 11 heteroatoms. The SMILES string of the molecule is O=C(Cn1cc(Br)c(=O)[nH]c1=O)NCc1nc(-c2ccc(Cl)cc2)no1. The highest BCUT2D eigenvalue weighted by molar-refractivity contribution is 9.10. The summed E-state index contributed by atoms with van der Waals surface area (Å²) in [4.78, 5) is 41.1. The third kappa shape index (κ3) is 4.27. The lowest BCUT2D eigenvalue weighted by Gasteiger charge is -2.05. The van der Waals surface area contributed by atoms with Gasteiger partial charge in [0.1, 0.15) is 6.54 Å². The van der Waals surface area contributed by atoms with Crippen molar-refractivity contribution in [2.24, 2.45) is 0 Å². The molecular formula is C15H11BrClN5O4. The zero-order valence-electron chi connectivity index (χ0n) is 13.0. The van der Waals surface area contributed by atoms with Crippen LogP contribution in [-0.2, 0) is 17.9 Å². The van der Waals surface area contributed by atoms with E-state index in [1.54, 1.807) is 24.3 Å². The van der Waals surface area contributed by atoms with Crippen molar-refractivity contribution in [3.05, 3.63) is 66.7 Å². The molecule has 3 rings (SSSR count). The van der Waals surface area contributed by atoms with E-state index in [0.29, 0.717) is 10.8 Å². The summed E-state index contributed by atoms with van der Waals surface area (Å²) in [7, 11) is 0. The molecular weight excluding hydrogens is 430 g/mol. The van der Waals surface area contributed by atoms with Crippen molar-refractivity contribution < 1.29 is 9.32 Å². The first-order valence-electron chi connectivity index (χ1n) is 7.27. The summed E-state index contributed by atoms with van der Waals surface area (Å²) in [6.07, 6.45) is 1.24. The second kappa shape index (κ2) is 7.67. The molecule has 0 aliphatic carbocycles. The van der Waals surface area contributed by atoms with Gasteiger partial charge in [0.05, 0.1) is 11.0 Å². The van der Waals surface area contributed by atoms with Crippen molar-refractivity contribution in [3.63, 3.8) is 0 Å². The lowest BCUT2D eigenvalue weighted by molar-refractivity contribution is -0.122. The Morgan fingerprint density at radius 1 is 1.31 bits per heavy atom. The molecule has 0 spiro atoms. The molecule has 2 N–H and O–H groups in total. The molecule has 1 aromatic carbocycles. The molecule has 0 atom stereocenters. The molecule has 0 bridgehead atoms. The summed E-state index contributed by atoms with van der Waals surface area (Å²) in [6, 6.07) is 6.90. The number of aromatic amines is 1. The summed E-state index contributed by atoms with van der Waals surface area (Å²) in [6.45, 7) is -0.273. The maximum absolute atomic E-state index is 12.0. The molecule has 0 unspecified atom stereocenters. The molecule has 0 saturated heterocycles. The van der Waals surface area contributed by atoms with Crippen LogP contribution in [0.2, 0.25) is 5.02 Å². The number of nitrogens with zero attached hydrogens (tertiary/aromatic N) is 3. The highest BCUT2D eigenvalue weighted by Gasteiger charge is 2.11. The number of rotatable bonds is 5. The molecule has 134 valence electrons. The van der Waals surface area contributed by atoms with Gasteiger partial charge in [0.2, 0.25) is 17.6 Å². The number of aromatic nitrogens is 4. The van der Waals surface area contributed by atoms with Crippen molar-refractivity contribution >= 4 is 33.4 Å². The van der Waals surface area contributed by atoms with E-state index in [4.69, 9.17) is 16.1 Å². The van der Waals surface area contributed by atoms with Gasteiger partial charge in [-0.3, -0.25) is 19.1 Å². The number of halogens is 2. The van der Waals surface area contributed by atoms with Crippen LogP contribution < -0.4 is 16.6 Å². The van der Waals surface area contributed by atoms with Crippen LogP contribution in [0.3, 0.4) is 0 Å². The monoisotopic (exact) mass is 439 g/mol. The molecule has 2 aromatic heterocycles. The Bertz CT molecular complexity index is 1060. The van der Waals surface area contributed by atoms with Gasteiger partial charge in [0.25, 0.3) is 5.56 Å². The van der Waals surface area contributed by atoms with Gasteiger partial charge in [0.15, 0.2) is 0 Å². The van der Waals surface area contributed by atoms with E-state index >= 15 is 0 Å². The number of H-pyrrole nitrogens is 1. The topological polar surface area (TPSA) is 123 Å². The minimum absolute atomic E-state index is 0.00129. The zero-order valence-corrected chi connectivity index (χ0v) is 15.4. The smallest absolute Gasteiger partial charge is 0.328 e. The van der Waals surface area contributed by atoms with Crippen LogP contribution in [0, 0.1) is 0 Å². The molecule has 26 heavy (non-hydrogen) atoms. The van der Waals surface area contributed by atoms with Gasteiger partial charge in [-0.1, -0.05) is 16.8 Å². The summed E-state index contributed by atoms with van der Waals surface area (Å²) in [5.74, 6) is 0.113. The van der Waals surface area contributed by atoms with Gasteiger partial charge in [-0.05, 0) is 40.2 Å². The Labute approximate surface area is 159 Å². The van der Waals surface area contributed by atoms with E-state index in [1.807, 2.05) is 0 Å². The Kier molecular flexibility index (Phi) is 5.33. The minimum atomic E-state index is -0.684. The van der Waals surface area contributed by atoms with Crippen LogP contribution in [0.5, 0.6) is 0 Å². The van der Waals surface area contributed by atoms with Gasteiger partial charge in [-0.2, -0.15) is 4.98 Å². The van der Waals surface area contributed by atoms with Gasteiger partial charge in [-0.25, -0.2) is 4.79 Å². The molecule has 9 nitrogen and oxygen atoms in total. The fourth-order valence-corrected chi connectivity index (χ4v) is 2.50. The van der Waals surface area contributed by atoms with Crippen LogP contribution in [0.1, 0.15) is 5.89 Å². The largest absolute Gasteiger partial charge is 0.345 e. The Morgan fingerprint density at radius 3 is 2.77 bits per heavy atom. The normalized spacial score (nSPS) is 10.7. The van der Waals surface area contributed by atoms with Crippen LogP contribution in [0.25, 0.3) is 11.4 Å². The standard InChI is InChI=1S/C15H11BrClN5O4/c16-10-6-22(15(25)20-14(10)24)7-11(23)18-5-12-19-13(21-26-12)8-1-3-9(17)4-2-8/h1-4,6H,5,7H2,(H,18,23)(H,20,24,25). The lowest BCUT2D eigenvalue weighted by atomic mass is 10.2. The molecule has 0 radical (unpaired) electrons. The van der Waals surface area contributed by atoms with Gasteiger partial charge in [-0.15, -0.1) is 0 Å². The predicted molar refractivity (Wildman–Crippen MR) is 95.6 cm³/mol. The van der Waals surface area contributed by atoms with Crippen molar-refractivity contribution in [1.29, 1.82) is 0 Å². The second-order valence-electron chi connectivity index (χ2n) is 5.16. The fraction of sp³-hybridized carbons (Fsp3) is 0.133. The maximum atomic E-state index is 12.0. The second-order valence-corrected chi connectivity index (χ2v) is 6.45. The highest BCUT2D eigenvalue weighted by Crippen LogP contribution is 2.18. The Hall–Kier alpha value is -2.72. The van der Waals surface area contributed by atoms with Crippen molar-refractivity contribution in [2.75, 3.05) is 0 Å². The third-order valence-electron chi connectivity index (χ3n) is 3.29. The van der Waals surface area contributed by atoms with Crippen LogP contribution in [0.15, 0.2) is 49.0 Å². The quantitative estimate of drug-likeness (QED) is 0.617. The van der Waals surface area contributed by atoms with E-state index in [1.165, 1.54) is 6.20 Å². The highest BCUT2D eigenvalue weighted by atomic mass is 79.9. The molecule has 0 saturated carbocycles. The van der Waals surface area contributed by atoms with Crippen molar-refractivity contribution in [3.8, 4) is 11.4 Å². The van der Waals surface area contributed by atoms with E-state index in [-0.39, 0.29) is 23.5 Å². The van der Waals surface area contributed by atoms with Crippen LogP contribution in [-0.4, -0.2) is 25.6 Å². The molecule has 3 aromatic rings. The lowest BCUT2D eigenvalue weighted by Crippen LogP contribution is -2.35. The first-order chi connectivity index (χ1) is 12.4. The van der Waals surface area contributed by atoms with Crippen molar-refractivity contribution in [2.45, 2.75) is 13.1 Å². The Morgan fingerprint density at radius 2 is 2.04 bits per heavy atom. The zero-order chi connectivity index (χ0) is 18.7. The average molecular weight is 441 g/mol. The summed E-state index contributed by atoms with van der Waals surface area (Å²) in [5, 5.41) is 6.98. The summed E-state index contributed by atoms with van der Waals surface area (Å²) < 4.78 is 6.29. The summed E-state index contributed by atoms with van der Waals surface area (Å²) in [5.41, 5.74) is -0.524. The molecule has 1 amide bonds. The van der Waals surface area contributed by atoms with Crippen LogP contribution >= 0.6 is 27.5 Å². The molecule has 0 fully saturated rings. The number of carbonyl (C=O) groups is 1. The fourth-order valence-electron chi connectivity index (χ4n) is 2.03.